The van der Waals surface area contributed by atoms with Gasteiger partial charge in [-0.15, -0.1) is 0 Å². The summed E-state index contributed by atoms with van der Waals surface area (Å²) in [5.41, 5.74) is 13.3. The van der Waals surface area contributed by atoms with Gasteiger partial charge in [-0.25, -0.2) is 4.63 Å². The van der Waals surface area contributed by atoms with Gasteiger partial charge in [0.2, 0.25) is 0 Å². The molecule has 0 unspecified atom stereocenters. The van der Waals surface area contributed by atoms with Gasteiger partial charge in [0.15, 0.2) is 5.52 Å². The van der Waals surface area contributed by atoms with Gasteiger partial charge in [0.05, 0.1) is 16.8 Å². The Balaban J connectivity index is 1.49. The summed E-state index contributed by atoms with van der Waals surface area (Å²) in [4.78, 5) is 10.5. The maximum absolute atomic E-state index is 11.0. The zero-order chi connectivity index (χ0) is 37.5. The normalized spacial score (nSPS) is 14.0. The van der Waals surface area contributed by atoms with Crippen LogP contribution in [0.25, 0.3) is 44.7 Å². The van der Waals surface area contributed by atoms with Gasteiger partial charge < -0.3 is 5.11 Å². The van der Waals surface area contributed by atoms with Crippen molar-refractivity contribution in [1.82, 2.24) is 20.3 Å². The molecule has 3 heterocycles. The van der Waals surface area contributed by atoms with E-state index >= 15 is 0 Å². The number of pyridine rings is 2. The second-order valence-corrected chi connectivity index (χ2v) is 17.5. The van der Waals surface area contributed by atoms with Gasteiger partial charge in [-0.2, -0.15) is 0 Å². The number of nitrogens with zero attached hydrogens (tertiary/aromatic N) is 4. The van der Waals surface area contributed by atoms with Gasteiger partial charge >= 0.3 is 0 Å². The lowest BCUT2D eigenvalue weighted by molar-refractivity contribution is 0.315. The summed E-state index contributed by atoms with van der Waals surface area (Å²) in [6.45, 7) is 20.0. The highest BCUT2D eigenvalue weighted by Gasteiger charge is 2.48. The Bertz CT molecular complexity index is 2480. The Morgan fingerprint density at radius 2 is 1.21 bits per heavy atom. The second-order valence-electron chi connectivity index (χ2n) is 17.5. The Morgan fingerprint density at radius 1 is 0.585 bits per heavy atom. The van der Waals surface area contributed by atoms with Crippen molar-refractivity contribution in [3.05, 3.63) is 148 Å². The minimum Gasteiger partial charge on any atom is -0.507 e. The molecule has 3 aromatic heterocycles. The molecule has 0 aliphatic heterocycles. The number of rotatable bonds is 4. The maximum Gasteiger partial charge on any atom is 0.161 e. The largest absolute Gasteiger partial charge is 0.507 e. The third-order valence-corrected chi connectivity index (χ3v) is 10.9. The van der Waals surface area contributed by atoms with Crippen molar-refractivity contribution < 1.29 is 9.74 Å². The zero-order valence-electron chi connectivity index (χ0n) is 32.0. The minimum atomic E-state index is -0.823. The monoisotopic (exact) mass is 698 g/mol. The van der Waals surface area contributed by atoms with Gasteiger partial charge in [-0.1, -0.05) is 135 Å². The molecule has 266 valence electrons. The molecule has 6 nitrogen and oxygen atoms in total. The second kappa shape index (κ2) is 12.0. The van der Waals surface area contributed by atoms with Crippen LogP contribution in [0.4, 0.5) is 0 Å². The van der Waals surface area contributed by atoms with Gasteiger partial charge in [0.1, 0.15) is 17.0 Å². The molecule has 7 aromatic rings. The van der Waals surface area contributed by atoms with Crippen molar-refractivity contribution >= 4 is 11.0 Å². The van der Waals surface area contributed by atoms with E-state index < -0.39 is 5.41 Å². The molecule has 4 aromatic carbocycles. The molecule has 0 bridgehead atoms. The maximum atomic E-state index is 11.0. The van der Waals surface area contributed by atoms with Gasteiger partial charge in [0.25, 0.3) is 0 Å². The van der Waals surface area contributed by atoms with E-state index in [2.05, 4.69) is 145 Å². The van der Waals surface area contributed by atoms with Crippen LogP contribution in [0.15, 0.2) is 114 Å². The highest BCUT2D eigenvalue weighted by molar-refractivity contribution is 5.92. The van der Waals surface area contributed by atoms with E-state index in [-0.39, 0.29) is 22.0 Å². The van der Waals surface area contributed by atoms with Crippen molar-refractivity contribution in [3.63, 3.8) is 0 Å². The van der Waals surface area contributed by atoms with Crippen LogP contribution in [0.3, 0.4) is 0 Å². The molecule has 0 amide bonds. The molecule has 1 aliphatic carbocycles. The SMILES string of the molecule is CC(C)(C)c1ccc2c(c1)C(c1cccc(-c3ncc(C(C)(C)C)c4nonc34)c1)(c1cccc(-c3ccccc3O)n1)c1cc(C(C)(C)C)ccc1-2. The first-order valence-electron chi connectivity index (χ1n) is 18.4. The fourth-order valence-electron chi connectivity index (χ4n) is 7.91. The van der Waals surface area contributed by atoms with Crippen molar-refractivity contribution in [1.29, 1.82) is 0 Å². The molecule has 1 aliphatic rings. The van der Waals surface area contributed by atoms with E-state index in [1.165, 1.54) is 33.4 Å². The lowest BCUT2D eigenvalue weighted by atomic mass is 9.67. The van der Waals surface area contributed by atoms with E-state index in [1.54, 1.807) is 6.07 Å². The van der Waals surface area contributed by atoms with E-state index in [0.717, 1.165) is 27.9 Å². The summed E-state index contributed by atoms with van der Waals surface area (Å²) in [6, 6.07) is 36.2. The van der Waals surface area contributed by atoms with Gasteiger partial charge in [-0.05, 0) is 95.8 Å². The van der Waals surface area contributed by atoms with Gasteiger partial charge in [-0.3, -0.25) is 9.97 Å². The van der Waals surface area contributed by atoms with Crippen LogP contribution < -0.4 is 0 Å². The molecule has 0 saturated heterocycles. The van der Waals surface area contributed by atoms with Crippen molar-refractivity contribution in [3.8, 4) is 39.4 Å². The van der Waals surface area contributed by atoms with Crippen LogP contribution in [0, 0.1) is 0 Å². The van der Waals surface area contributed by atoms with Gasteiger partial charge in [0, 0.05) is 22.9 Å². The van der Waals surface area contributed by atoms with Crippen molar-refractivity contribution in [2.45, 2.75) is 84.0 Å². The lowest BCUT2D eigenvalue weighted by Crippen LogP contribution is -2.31. The van der Waals surface area contributed by atoms with E-state index in [0.29, 0.717) is 22.5 Å². The Hall–Kier alpha value is -5.62. The predicted molar refractivity (Wildman–Crippen MR) is 213 cm³/mol. The fraction of sp³-hybridized carbons (Fsp3) is 0.277. The van der Waals surface area contributed by atoms with Crippen LogP contribution in [0.2, 0.25) is 0 Å². The number of aromatic nitrogens is 4. The molecular weight excluding hydrogens is 653 g/mol. The molecule has 0 radical (unpaired) electrons. The van der Waals surface area contributed by atoms with E-state index in [9.17, 15) is 5.11 Å². The molecule has 0 fully saturated rings. The standard InChI is InChI=1S/C47H46N4O2/c1-44(2,3)29-20-22-32-33-23-21-30(45(4,5)6)26-36(33)47(35(32)25-29,40-19-13-17-38(49-40)34-16-10-11-18-39(34)52)31-15-12-14-28(24-31)41-43-42(50-53-51-43)37(27-48-41)46(7,8)9/h10-27,52H,1-9H3. The number of phenolic OH excluding ortho intramolecular Hbond substituents is 1. The number of hydrogen-bond donors (Lipinski definition) is 1. The first kappa shape index (κ1) is 34.5. The summed E-state index contributed by atoms with van der Waals surface area (Å²) in [5, 5.41) is 19.7. The number of benzene rings is 4. The number of phenols is 1. The third-order valence-electron chi connectivity index (χ3n) is 10.9. The molecule has 0 spiro atoms. The molecule has 1 N–H and O–H groups in total. The molecule has 0 atom stereocenters. The molecule has 6 heteroatoms. The third kappa shape index (κ3) is 5.54. The smallest absolute Gasteiger partial charge is 0.161 e. The van der Waals surface area contributed by atoms with E-state index in [4.69, 9.17) is 14.6 Å². The topological polar surface area (TPSA) is 84.9 Å². The number of aromatic hydroxyl groups is 1. The predicted octanol–water partition coefficient (Wildman–Crippen LogP) is 11.3. The van der Waals surface area contributed by atoms with Crippen molar-refractivity contribution in [2.24, 2.45) is 0 Å². The van der Waals surface area contributed by atoms with Crippen LogP contribution in [-0.2, 0) is 21.7 Å². The summed E-state index contributed by atoms with van der Waals surface area (Å²) in [6.07, 6.45) is 1.91. The lowest BCUT2D eigenvalue weighted by Gasteiger charge is -2.35. The first-order valence-corrected chi connectivity index (χ1v) is 18.4. The highest BCUT2D eigenvalue weighted by atomic mass is 16.6. The van der Waals surface area contributed by atoms with Crippen molar-refractivity contribution in [2.75, 3.05) is 0 Å². The average Bonchev–Trinajstić information content (AvgIpc) is 3.72. The van der Waals surface area contributed by atoms with Crippen LogP contribution in [0.5, 0.6) is 5.75 Å². The number of para-hydroxylation sites is 1. The van der Waals surface area contributed by atoms with E-state index in [1.807, 2.05) is 30.5 Å². The fourth-order valence-corrected chi connectivity index (χ4v) is 7.91. The van der Waals surface area contributed by atoms with Crippen LogP contribution in [-0.4, -0.2) is 25.4 Å². The Kier molecular flexibility index (Phi) is 7.77. The molecule has 0 saturated carbocycles. The number of hydrogen-bond acceptors (Lipinski definition) is 6. The summed E-state index contributed by atoms with van der Waals surface area (Å²) < 4.78 is 5.36. The summed E-state index contributed by atoms with van der Waals surface area (Å²) in [7, 11) is 0. The molecule has 53 heavy (non-hydrogen) atoms. The Morgan fingerprint density at radius 3 is 1.83 bits per heavy atom. The van der Waals surface area contributed by atoms with Crippen LogP contribution >= 0.6 is 0 Å². The summed E-state index contributed by atoms with van der Waals surface area (Å²) >= 11 is 0. The number of fused-ring (bicyclic) bond motifs is 4. The van der Waals surface area contributed by atoms with Crippen LogP contribution in [0.1, 0.15) is 101 Å². The zero-order valence-corrected chi connectivity index (χ0v) is 32.0. The highest BCUT2D eigenvalue weighted by Crippen LogP contribution is 2.57. The summed E-state index contributed by atoms with van der Waals surface area (Å²) in [5.74, 6) is 0.195. The molecule has 8 rings (SSSR count). The Labute approximate surface area is 312 Å². The average molecular weight is 699 g/mol. The minimum absolute atomic E-state index is 0.0939. The quantitative estimate of drug-likeness (QED) is 0.197. The first-order chi connectivity index (χ1) is 25.1. The molecular formula is C47H46N4O2.